The second-order valence-electron chi connectivity index (χ2n) is 5.43. The van der Waals surface area contributed by atoms with E-state index >= 15 is 0 Å². The molecule has 5 nitrogen and oxygen atoms in total. The maximum atomic E-state index is 11.9. The van der Waals surface area contributed by atoms with Gasteiger partial charge in [-0.1, -0.05) is 11.6 Å². The van der Waals surface area contributed by atoms with Crippen molar-refractivity contribution < 1.29 is 18.4 Å². The Morgan fingerprint density at radius 2 is 2.12 bits per heavy atom. The summed E-state index contributed by atoms with van der Waals surface area (Å²) in [6.07, 6.45) is 2.23. The lowest BCUT2D eigenvalue weighted by molar-refractivity contribution is -0.144. The predicted octanol–water partition coefficient (Wildman–Crippen LogP) is 4.02. The molecule has 6 heteroatoms. The highest BCUT2D eigenvalue weighted by atomic mass is 35.5. The third-order valence-electron chi connectivity index (χ3n) is 3.65. The minimum Gasteiger partial charge on any atom is -0.469 e. The van der Waals surface area contributed by atoms with Crippen LogP contribution in [0, 0.1) is 6.92 Å². The van der Waals surface area contributed by atoms with Gasteiger partial charge in [-0.15, -0.1) is 0 Å². The van der Waals surface area contributed by atoms with Crippen LogP contribution in [0.2, 0.25) is 5.02 Å². The number of carbonyl (C=O) groups is 1. The van der Waals surface area contributed by atoms with Crippen molar-refractivity contribution in [3.8, 4) is 0 Å². The van der Waals surface area contributed by atoms with Crippen molar-refractivity contribution in [1.29, 1.82) is 0 Å². The van der Waals surface area contributed by atoms with Gasteiger partial charge in [-0.3, -0.25) is 4.79 Å². The predicted molar refractivity (Wildman–Crippen MR) is 89.1 cm³/mol. The first-order valence-corrected chi connectivity index (χ1v) is 7.81. The molecule has 0 unspecified atom stereocenters. The Kier molecular flexibility index (Phi) is 4.71. The van der Waals surface area contributed by atoms with Crippen molar-refractivity contribution in [1.82, 2.24) is 0 Å². The fourth-order valence-electron chi connectivity index (χ4n) is 2.38. The van der Waals surface area contributed by atoms with Gasteiger partial charge in [0.1, 0.15) is 18.0 Å². The van der Waals surface area contributed by atoms with E-state index < -0.39 is 5.63 Å². The Labute approximate surface area is 142 Å². The minimum atomic E-state index is -0.495. The van der Waals surface area contributed by atoms with Gasteiger partial charge in [-0.25, -0.2) is 4.79 Å². The molecule has 3 rings (SSSR count). The summed E-state index contributed by atoms with van der Waals surface area (Å²) in [4.78, 5) is 23.5. The first kappa shape index (κ1) is 16.3. The Hall–Kier alpha value is -2.53. The topological polar surface area (TPSA) is 69.7 Å². The molecule has 0 saturated carbocycles. The van der Waals surface area contributed by atoms with E-state index in [1.165, 1.54) is 6.07 Å². The molecule has 0 aliphatic carbocycles. The summed E-state index contributed by atoms with van der Waals surface area (Å²) >= 11 is 6.13. The molecular formula is C18H15ClO5. The molecule has 0 amide bonds. The number of halogens is 1. The number of hydrogen-bond donors (Lipinski definition) is 0. The number of benzene rings is 1. The van der Waals surface area contributed by atoms with Crippen LogP contribution in [-0.4, -0.2) is 5.97 Å². The normalized spacial score (nSPS) is 10.9. The largest absolute Gasteiger partial charge is 0.469 e. The summed E-state index contributed by atoms with van der Waals surface area (Å²) in [5.41, 5.74) is 1.30. The molecule has 0 radical (unpaired) electrons. The van der Waals surface area contributed by atoms with Crippen LogP contribution in [-0.2, 0) is 22.6 Å². The number of esters is 1. The zero-order valence-electron chi connectivity index (χ0n) is 13.0. The lowest BCUT2D eigenvalue weighted by Gasteiger charge is -2.08. The molecule has 1 aromatic carbocycles. The van der Waals surface area contributed by atoms with Crippen LogP contribution in [0.4, 0.5) is 0 Å². The summed E-state index contributed by atoms with van der Waals surface area (Å²) in [5, 5.41) is 1.21. The lowest BCUT2D eigenvalue weighted by Crippen LogP contribution is -2.08. The van der Waals surface area contributed by atoms with Crippen molar-refractivity contribution in [3.05, 3.63) is 68.9 Å². The third kappa shape index (κ3) is 3.68. The van der Waals surface area contributed by atoms with Crippen molar-refractivity contribution in [2.45, 2.75) is 26.4 Å². The van der Waals surface area contributed by atoms with Crippen molar-refractivity contribution in [2.24, 2.45) is 0 Å². The van der Waals surface area contributed by atoms with E-state index in [1.807, 2.05) is 6.92 Å². The zero-order chi connectivity index (χ0) is 17.1. The fourth-order valence-corrected chi connectivity index (χ4v) is 2.54. The maximum Gasteiger partial charge on any atom is 0.336 e. The number of carbonyl (C=O) groups excluding carboxylic acids is 1. The molecular weight excluding hydrogens is 332 g/mol. The number of furan rings is 1. The molecule has 0 aliphatic heterocycles. The molecule has 0 atom stereocenters. The van der Waals surface area contributed by atoms with E-state index in [0.717, 1.165) is 11.3 Å². The summed E-state index contributed by atoms with van der Waals surface area (Å²) in [6, 6.07) is 8.28. The van der Waals surface area contributed by atoms with Crippen molar-refractivity contribution in [2.75, 3.05) is 0 Å². The van der Waals surface area contributed by atoms with Crippen LogP contribution in [0.15, 0.2) is 50.2 Å². The third-order valence-corrected chi connectivity index (χ3v) is 4.06. The van der Waals surface area contributed by atoms with Gasteiger partial charge in [-0.05, 0) is 36.8 Å². The summed E-state index contributed by atoms with van der Waals surface area (Å²) in [5.74, 6) is 0.353. The number of fused-ring (bicyclic) bond motifs is 1. The molecule has 2 aromatic heterocycles. The molecule has 2 heterocycles. The van der Waals surface area contributed by atoms with Crippen LogP contribution in [0.1, 0.15) is 23.3 Å². The molecule has 124 valence electrons. The smallest absolute Gasteiger partial charge is 0.336 e. The van der Waals surface area contributed by atoms with Crippen LogP contribution >= 0.6 is 11.6 Å². The van der Waals surface area contributed by atoms with Crippen LogP contribution < -0.4 is 5.63 Å². The van der Waals surface area contributed by atoms with Gasteiger partial charge in [0.05, 0.1) is 12.7 Å². The van der Waals surface area contributed by atoms with Gasteiger partial charge in [0.2, 0.25) is 0 Å². The van der Waals surface area contributed by atoms with E-state index in [4.69, 9.17) is 25.2 Å². The van der Waals surface area contributed by atoms with E-state index in [9.17, 15) is 9.59 Å². The first-order chi connectivity index (χ1) is 11.5. The lowest BCUT2D eigenvalue weighted by atomic mass is 10.1. The van der Waals surface area contributed by atoms with Gasteiger partial charge in [0, 0.05) is 28.5 Å². The van der Waals surface area contributed by atoms with Crippen LogP contribution in [0.25, 0.3) is 11.0 Å². The number of aryl methyl sites for hydroxylation is 2. The average molecular weight is 347 g/mol. The van der Waals surface area contributed by atoms with Gasteiger partial charge < -0.3 is 13.6 Å². The standard InChI is InChI=1S/C18H15ClO5/c1-11-7-16-14(9-15(11)19)12(8-18(21)24-16)10-23-17(20)5-4-13-3-2-6-22-13/h2-3,6-9H,4-5,10H2,1H3. The molecule has 3 aromatic rings. The van der Waals surface area contributed by atoms with Crippen molar-refractivity contribution >= 4 is 28.5 Å². The van der Waals surface area contributed by atoms with Gasteiger partial charge in [0.25, 0.3) is 0 Å². The highest BCUT2D eigenvalue weighted by Gasteiger charge is 2.11. The van der Waals surface area contributed by atoms with Gasteiger partial charge >= 0.3 is 11.6 Å². The van der Waals surface area contributed by atoms with E-state index in [2.05, 4.69) is 0 Å². The van der Waals surface area contributed by atoms with Gasteiger partial charge in [0.15, 0.2) is 0 Å². The quantitative estimate of drug-likeness (QED) is 0.515. The second-order valence-corrected chi connectivity index (χ2v) is 5.84. The van der Waals surface area contributed by atoms with Gasteiger partial charge in [-0.2, -0.15) is 0 Å². The molecule has 0 bridgehead atoms. The monoisotopic (exact) mass is 346 g/mol. The summed E-state index contributed by atoms with van der Waals surface area (Å²) < 4.78 is 15.6. The first-order valence-electron chi connectivity index (χ1n) is 7.44. The Balaban J connectivity index is 1.73. The molecule has 0 aliphatic rings. The van der Waals surface area contributed by atoms with Crippen LogP contribution in [0.3, 0.4) is 0 Å². The zero-order valence-corrected chi connectivity index (χ0v) is 13.8. The van der Waals surface area contributed by atoms with E-state index in [1.54, 1.807) is 30.5 Å². The summed E-state index contributed by atoms with van der Waals surface area (Å²) in [7, 11) is 0. The summed E-state index contributed by atoms with van der Waals surface area (Å²) in [6.45, 7) is 1.81. The molecule has 0 saturated heterocycles. The highest BCUT2D eigenvalue weighted by molar-refractivity contribution is 6.32. The Morgan fingerprint density at radius 3 is 2.88 bits per heavy atom. The number of ether oxygens (including phenoxy) is 1. The molecule has 0 spiro atoms. The fraction of sp³-hybridized carbons (Fsp3) is 0.222. The van der Waals surface area contributed by atoms with E-state index in [-0.39, 0.29) is 19.0 Å². The second kappa shape index (κ2) is 6.93. The average Bonchev–Trinajstić information content (AvgIpc) is 3.06. The molecule has 0 fully saturated rings. The Bertz CT molecular complexity index is 924. The SMILES string of the molecule is Cc1cc2oc(=O)cc(COC(=O)CCc3ccco3)c2cc1Cl. The highest BCUT2D eigenvalue weighted by Crippen LogP contribution is 2.25. The minimum absolute atomic E-state index is 0.0154. The van der Waals surface area contributed by atoms with E-state index in [0.29, 0.717) is 28.0 Å². The Morgan fingerprint density at radius 1 is 1.29 bits per heavy atom. The number of rotatable bonds is 5. The van der Waals surface area contributed by atoms with Crippen LogP contribution in [0.5, 0.6) is 0 Å². The van der Waals surface area contributed by atoms with Crippen molar-refractivity contribution in [3.63, 3.8) is 0 Å². The maximum absolute atomic E-state index is 11.9. The number of hydrogen-bond acceptors (Lipinski definition) is 5. The molecule has 24 heavy (non-hydrogen) atoms. The molecule has 0 N–H and O–H groups in total.